The topological polar surface area (TPSA) is 9.72 Å². The van der Waals surface area contributed by atoms with E-state index in [1.165, 1.54) is 58.8 Å². The van der Waals surface area contributed by atoms with Crippen molar-refractivity contribution >= 4 is 0 Å². The van der Waals surface area contributed by atoms with Crippen molar-refractivity contribution in [1.29, 1.82) is 0 Å². The van der Waals surface area contributed by atoms with Crippen LogP contribution in [0.2, 0.25) is 0 Å². The van der Waals surface area contributed by atoms with Gasteiger partial charge in [-0.15, -0.1) is 0 Å². The number of hydrogen-bond acceptors (Lipinski definition) is 3. The maximum Gasteiger partial charge on any atom is 0.0236 e. The first-order chi connectivity index (χ1) is 8.19. The molecule has 3 heteroatoms. The summed E-state index contributed by atoms with van der Waals surface area (Å²) in [4.78, 5) is 7.95. The molecule has 0 radical (unpaired) electrons. The Morgan fingerprint density at radius 2 is 1.71 bits per heavy atom. The Morgan fingerprint density at radius 3 is 2.29 bits per heavy atom. The van der Waals surface area contributed by atoms with Gasteiger partial charge < -0.3 is 9.80 Å². The van der Waals surface area contributed by atoms with Crippen LogP contribution in [0.5, 0.6) is 0 Å². The summed E-state index contributed by atoms with van der Waals surface area (Å²) < 4.78 is 0. The SMILES string of the molecule is CCN1CCN([C@H]2CCN(CC(C)C)C2)CC1. The quantitative estimate of drug-likeness (QED) is 0.733. The van der Waals surface area contributed by atoms with Gasteiger partial charge in [-0.3, -0.25) is 4.90 Å². The normalized spacial score (nSPS) is 29.3. The number of piperazine rings is 1. The van der Waals surface area contributed by atoms with Gasteiger partial charge in [-0.05, 0) is 25.4 Å². The Hall–Kier alpha value is -0.120. The van der Waals surface area contributed by atoms with Crippen molar-refractivity contribution in [3.63, 3.8) is 0 Å². The van der Waals surface area contributed by atoms with Crippen LogP contribution in [0.25, 0.3) is 0 Å². The molecule has 2 fully saturated rings. The molecule has 2 saturated heterocycles. The molecule has 0 aliphatic carbocycles. The maximum absolute atomic E-state index is 2.73. The third-order valence-electron chi connectivity index (χ3n) is 4.24. The molecule has 0 aromatic heterocycles. The van der Waals surface area contributed by atoms with E-state index in [1.54, 1.807) is 0 Å². The van der Waals surface area contributed by atoms with Gasteiger partial charge in [0.1, 0.15) is 0 Å². The summed E-state index contributed by atoms with van der Waals surface area (Å²) in [5.74, 6) is 0.811. The minimum atomic E-state index is 0.811. The highest BCUT2D eigenvalue weighted by atomic mass is 15.3. The lowest BCUT2D eigenvalue weighted by atomic mass is 10.2. The molecule has 2 heterocycles. The summed E-state index contributed by atoms with van der Waals surface area (Å²) in [6, 6.07) is 0.841. The van der Waals surface area contributed by atoms with Gasteiger partial charge in [0.25, 0.3) is 0 Å². The van der Waals surface area contributed by atoms with Gasteiger partial charge in [-0.25, -0.2) is 0 Å². The second kappa shape index (κ2) is 6.17. The zero-order valence-electron chi connectivity index (χ0n) is 11.9. The van der Waals surface area contributed by atoms with Crippen LogP contribution < -0.4 is 0 Å². The van der Waals surface area contributed by atoms with Gasteiger partial charge in [-0.2, -0.15) is 0 Å². The van der Waals surface area contributed by atoms with Crippen molar-refractivity contribution in [2.75, 3.05) is 52.4 Å². The van der Waals surface area contributed by atoms with Crippen molar-refractivity contribution < 1.29 is 0 Å². The molecular weight excluding hydrogens is 210 g/mol. The number of rotatable bonds is 4. The fourth-order valence-corrected chi connectivity index (χ4v) is 3.24. The largest absolute Gasteiger partial charge is 0.301 e. The van der Waals surface area contributed by atoms with Crippen molar-refractivity contribution in [3.8, 4) is 0 Å². The fraction of sp³-hybridized carbons (Fsp3) is 1.00. The summed E-state index contributed by atoms with van der Waals surface area (Å²) in [5.41, 5.74) is 0. The first-order valence-electron chi connectivity index (χ1n) is 7.37. The van der Waals surface area contributed by atoms with Crippen molar-refractivity contribution in [3.05, 3.63) is 0 Å². The highest BCUT2D eigenvalue weighted by Crippen LogP contribution is 2.18. The van der Waals surface area contributed by atoms with E-state index in [4.69, 9.17) is 0 Å². The van der Waals surface area contributed by atoms with Crippen LogP contribution in [0.3, 0.4) is 0 Å². The molecule has 0 N–H and O–H groups in total. The summed E-state index contributed by atoms with van der Waals surface area (Å²) in [5, 5.41) is 0. The molecule has 1 atom stereocenters. The second-order valence-electron chi connectivity index (χ2n) is 6.07. The molecule has 0 aromatic carbocycles. The highest BCUT2D eigenvalue weighted by molar-refractivity contribution is 4.86. The van der Waals surface area contributed by atoms with E-state index in [0.717, 1.165) is 12.0 Å². The lowest BCUT2D eigenvalue weighted by molar-refractivity contribution is 0.100. The molecule has 0 saturated carbocycles. The van der Waals surface area contributed by atoms with E-state index in [9.17, 15) is 0 Å². The Morgan fingerprint density at radius 1 is 1.00 bits per heavy atom. The molecule has 100 valence electrons. The number of likely N-dealkylation sites (N-methyl/N-ethyl adjacent to an activating group) is 1. The first-order valence-corrected chi connectivity index (χ1v) is 7.37. The highest BCUT2D eigenvalue weighted by Gasteiger charge is 2.29. The standard InChI is InChI=1S/C14H29N3/c1-4-15-7-9-17(10-8-15)14-5-6-16(12-14)11-13(2)3/h13-14H,4-12H2,1-3H3/t14-/m0/s1. The van der Waals surface area contributed by atoms with Crippen molar-refractivity contribution in [2.45, 2.75) is 33.2 Å². The van der Waals surface area contributed by atoms with E-state index < -0.39 is 0 Å². The predicted molar refractivity (Wildman–Crippen MR) is 73.4 cm³/mol. The average molecular weight is 239 g/mol. The molecule has 2 rings (SSSR count). The zero-order chi connectivity index (χ0) is 12.3. The minimum Gasteiger partial charge on any atom is -0.301 e. The molecule has 0 aromatic rings. The van der Waals surface area contributed by atoms with Crippen LogP contribution in [-0.2, 0) is 0 Å². The van der Waals surface area contributed by atoms with Crippen molar-refractivity contribution in [1.82, 2.24) is 14.7 Å². The summed E-state index contributed by atoms with van der Waals surface area (Å²) in [6.07, 6.45) is 1.39. The summed E-state index contributed by atoms with van der Waals surface area (Å²) >= 11 is 0. The molecule has 2 aliphatic heterocycles. The first kappa shape index (κ1) is 13.3. The average Bonchev–Trinajstić information content (AvgIpc) is 2.77. The summed E-state index contributed by atoms with van der Waals surface area (Å²) in [7, 11) is 0. The molecule has 0 unspecified atom stereocenters. The third kappa shape index (κ3) is 3.67. The molecule has 2 aliphatic rings. The van der Waals surface area contributed by atoms with Crippen LogP contribution >= 0.6 is 0 Å². The minimum absolute atomic E-state index is 0.811. The molecule has 3 nitrogen and oxygen atoms in total. The Kier molecular flexibility index (Phi) is 4.83. The van der Waals surface area contributed by atoms with E-state index in [2.05, 4.69) is 35.5 Å². The Bertz CT molecular complexity index is 222. The third-order valence-corrected chi connectivity index (χ3v) is 4.24. The van der Waals surface area contributed by atoms with Crippen LogP contribution in [0, 0.1) is 5.92 Å². The van der Waals surface area contributed by atoms with Gasteiger partial charge >= 0.3 is 0 Å². The Labute approximate surface area is 107 Å². The maximum atomic E-state index is 2.73. The van der Waals surface area contributed by atoms with E-state index >= 15 is 0 Å². The van der Waals surface area contributed by atoms with Gasteiger partial charge in [0.15, 0.2) is 0 Å². The number of hydrogen-bond donors (Lipinski definition) is 0. The van der Waals surface area contributed by atoms with Gasteiger partial charge in [0.2, 0.25) is 0 Å². The molecule has 0 amide bonds. The van der Waals surface area contributed by atoms with Gasteiger partial charge in [-0.1, -0.05) is 20.8 Å². The van der Waals surface area contributed by atoms with Crippen LogP contribution in [0.1, 0.15) is 27.2 Å². The fourth-order valence-electron chi connectivity index (χ4n) is 3.24. The van der Waals surface area contributed by atoms with Crippen molar-refractivity contribution in [2.24, 2.45) is 5.92 Å². The number of likely N-dealkylation sites (tertiary alicyclic amines) is 1. The van der Waals surface area contributed by atoms with E-state index in [0.29, 0.717) is 0 Å². The van der Waals surface area contributed by atoms with Gasteiger partial charge in [0, 0.05) is 45.3 Å². The molecule has 0 bridgehead atoms. The molecular formula is C14H29N3. The molecule has 0 spiro atoms. The summed E-state index contributed by atoms with van der Waals surface area (Å²) in [6.45, 7) is 17.2. The van der Waals surface area contributed by atoms with Crippen LogP contribution in [0.4, 0.5) is 0 Å². The molecule has 17 heavy (non-hydrogen) atoms. The van der Waals surface area contributed by atoms with Crippen LogP contribution in [-0.4, -0.2) is 73.1 Å². The Balaban J connectivity index is 1.73. The lowest BCUT2D eigenvalue weighted by Gasteiger charge is -2.37. The van der Waals surface area contributed by atoms with E-state index in [1.807, 2.05) is 0 Å². The lowest BCUT2D eigenvalue weighted by Crippen LogP contribution is -2.50. The zero-order valence-corrected chi connectivity index (χ0v) is 11.9. The van der Waals surface area contributed by atoms with Gasteiger partial charge in [0.05, 0.1) is 0 Å². The monoisotopic (exact) mass is 239 g/mol. The second-order valence-corrected chi connectivity index (χ2v) is 6.07. The smallest absolute Gasteiger partial charge is 0.0236 e. The van der Waals surface area contributed by atoms with Crippen LogP contribution in [0.15, 0.2) is 0 Å². The predicted octanol–water partition coefficient (Wildman–Crippen LogP) is 1.35. The number of nitrogens with zero attached hydrogens (tertiary/aromatic N) is 3. The van der Waals surface area contributed by atoms with E-state index in [-0.39, 0.29) is 0 Å².